The summed E-state index contributed by atoms with van der Waals surface area (Å²) in [6.45, 7) is 1.61. The van der Waals surface area contributed by atoms with Gasteiger partial charge in [-0.1, -0.05) is 30.3 Å². The maximum Gasteiger partial charge on any atom is 0.261 e. The Morgan fingerprint density at radius 1 is 1.08 bits per heavy atom. The zero-order chi connectivity index (χ0) is 16.4. The van der Waals surface area contributed by atoms with Crippen molar-refractivity contribution < 1.29 is 4.79 Å². The number of hydrogen-bond acceptors (Lipinski definition) is 4. The molecule has 4 rings (SSSR count). The summed E-state index contributed by atoms with van der Waals surface area (Å²) in [6.07, 6.45) is 1.07. The van der Waals surface area contributed by atoms with Crippen molar-refractivity contribution in [1.29, 1.82) is 0 Å². The van der Waals surface area contributed by atoms with E-state index >= 15 is 0 Å². The molecule has 122 valence electrons. The summed E-state index contributed by atoms with van der Waals surface area (Å²) < 4.78 is 0. The molecule has 3 aromatic rings. The smallest absolute Gasteiger partial charge is 0.261 e. The molecule has 1 aliphatic rings. The molecule has 2 aromatic heterocycles. The first-order chi connectivity index (χ1) is 11.8. The minimum Gasteiger partial charge on any atom is -0.361 e. The first-order valence-electron chi connectivity index (χ1n) is 8.02. The maximum atomic E-state index is 12.3. The van der Waals surface area contributed by atoms with E-state index < -0.39 is 0 Å². The van der Waals surface area contributed by atoms with Crippen molar-refractivity contribution in [3.63, 3.8) is 0 Å². The van der Waals surface area contributed by atoms with Crippen LogP contribution in [0.4, 0.5) is 5.69 Å². The van der Waals surface area contributed by atoms with Crippen LogP contribution in [0.5, 0.6) is 0 Å². The summed E-state index contributed by atoms with van der Waals surface area (Å²) in [6, 6.07) is 16.8. The van der Waals surface area contributed by atoms with Crippen molar-refractivity contribution in [2.75, 3.05) is 18.0 Å². The Morgan fingerprint density at radius 3 is 2.71 bits per heavy atom. The van der Waals surface area contributed by atoms with E-state index in [1.807, 2.05) is 17.5 Å². The lowest BCUT2D eigenvalue weighted by atomic mass is 10.1. The van der Waals surface area contributed by atoms with E-state index in [0.717, 1.165) is 17.8 Å². The number of rotatable bonds is 5. The van der Waals surface area contributed by atoms with Gasteiger partial charge in [0.1, 0.15) is 0 Å². The third-order valence-corrected chi connectivity index (χ3v) is 6.21. The van der Waals surface area contributed by atoms with Crippen LogP contribution < -0.4 is 10.2 Å². The largest absolute Gasteiger partial charge is 0.361 e. The summed E-state index contributed by atoms with van der Waals surface area (Å²) in [5.41, 5.74) is 2.69. The predicted molar refractivity (Wildman–Crippen MR) is 101 cm³/mol. The first kappa shape index (κ1) is 15.4. The number of carbonyl (C=O) groups is 1. The Kier molecular flexibility index (Phi) is 4.36. The van der Waals surface area contributed by atoms with Gasteiger partial charge in [0.2, 0.25) is 0 Å². The first-order valence-corrected chi connectivity index (χ1v) is 9.78. The maximum absolute atomic E-state index is 12.3. The number of hydrogen-bond donors (Lipinski definition) is 1. The molecular formula is C19H18N2OS2. The molecule has 0 bridgehead atoms. The number of carbonyl (C=O) groups excluding carboxylic acids is 1. The van der Waals surface area contributed by atoms with Crippen LogP contribution in [-0.4, -0.2) is 19.0 Å². The van der Waals surface area contributed by atoms with Gasteiger partial charge in [0, 0.05) is 23.7 Å². The fraction of sp³-hybridized carbons (Fsp3) is 0.211. The molecule has 0 aliphatic carbocycles. The van der Waals surface area contributed by atoms with Crippen LogP contribution in [-0.2, 0) is 6.42 Å². The van der Waals surface area contributed by atoms with Crippen LogP contribution in [0.25, 0.3) is 0 Å². The number of nitrogens with one attached hydrogen (secondary N) is 1. The Hall–Kier alpha value is -2.11. The topological polar surface area (TPSA) is 32.3 Å². The minimum absolute atomic E-state index is 0.0130. The van der Waals surface area contributed by atoms with Crippen LogP contribution >= 0.6 is 22.7 Å². The third kappa shape index (κ3) is 2.97. The van der Waals surface area contributed by atoms with E-state index in [2.05, 4.69) is 52.0 Å². The molecule has 0 saturated carbocycles. The molecule has 5 heteroatoms. The van der Waals surface area contributed by atoms with Crippen LogP contribution in [0.15, 0.2) is 59.3 Å². The molecule has 0 unspecified atom stereocenters. The number of amides is 1. The zero-order valence-electron chi connectivity index (χ0n) is 13.1. The van der Waals surface area contributed by atoms with Crippen molar-refractivity contribution in [3.05, 3.63) is 74.6 Å². The highest BCUT2D eigenvalue weighted by Gasteiger charge is 2.28. The molecule has 24 heavy (non-hydrogen) atoms. The molecule has 1 atom stereocenters. The third-order valence-electron chi connectivity index (χ3n) is 4.37. The van der Waals surface area contributed by atoms with Gasteiger partial charge in [-0.15, -0.1) is 22.7 Å². The molecule has 0 spiro atoms. The molecule has 1 aromatic carbocycles. The Balaban J connectivity index is 1.56. The number of anilines is 1. The number of fused-ring (bicyclic) bond motifs is 1. The quantitative estimate of drug-likeness (QED) is 0.739. The van der Waals surface area contributed by atoms with E-state index in [9.17, 15) is 4.79 Å². The van der Waals surface area contributed by atoms with Crippen molar-refractivity contribution >= 4 is 34.3 Å². The van der Waals surface area contributed by atoms with E-state index in [1.54, 1.807) is 11.3 Å². The second-order valence-corrected chi connectivity index (χ2v) is 7.72. The summed E-state index contributed by atoms with van der Waals surface area (Å²) >= 11 is 3.23. The van der Waals surface area contributed by atoms with Gasteiger partial charge in [-0.3, -0.25) is 4.79 Å². The Labute approximate surface area is 149 Å². The summed E-state index contributed by atoms with van der Waals surface area (Å²) in [4.78, 5) is 16.8. The van der Waals surface area contributed by atoms with Crippen molar-refractivity contribution in [2.24, 2.45) is 0 Å². The molecule has 0 saturated heterocycles. The highest BCUT2D eigenvalue weighted by atomic mass is 32.1. The molecule has 1 amide bonds. The molecule has 0 radical (unpaired) electrons. The molecule has 1 N–H and O–H groups in total. The van der Waals surface area contributed by atoms with E-state index in [1.165, 1.54) is 27.5 Å². The van der Waals surface area contributed by atoms with Crippen LogP contribution in [0.1, 0.15) is 26.2 Å². The van der Waals surface area contributed by atoms with Gasteiger partial charge in [0.15, 0.2) is 0 Å². The SMILES string of the molecule is O=C(NC[C@@H](c1cccs1)N1CCc2ccccc21)c1cccs1. The average Bonchev–Trinajstić information content (AvgIpc) is 3.37. The highest BCUT2D eigenvalue weighted by molar-refractivity contribution is 7.12. The average molecular weight is 354 g/mol. The predicted octanol–water partition coefficient (Wildman–Crippen LogP) is 4.34. The van der Waals surface area contributed by atoms with Gasteiger partial charge < -0.3 is 10.2 Å². The fourth-order valence-electron chi connectivity index (χ4n) is 3.22. The molecule has 0 fully saturated rings. The second-order valence-electron chi connectivity index (χ2n) is 5.79. The van der Waals surface area contributed by atoms with Crippen molar-refractivity contribution in [1.82, 2.24) is 5.32 Å². The van der Waals surface area contributed by atoms with Crippen molar-refractivity contribution in [3.8, 4) is 0 Å². The Morgan fingerprint density at radius 2 is 1.92 bits per heavy atom. The monoisotopic (exact) mass is 354 g/mol. The van der Waals surface area contributed by atoms with Crippen LogP contribution in [0.2, 0.25) is 0 Å². The summed E-state index contributed by atoms with van der Waals surface area (Å²) in [7, 11) is 0. The molecule has 1 aliphatic heterocycles. The molecule has 3 heterocycles. The second kappa shape index (κ2) is 6.79. The van der Waals surface area contributed by atoms with Crippen LogP contribution in [0, 0.1) is 0 Å². The minimum atomic E-state index is 0.0130. The lowest BCUT2D eigenvalue weighted by molar-refractivity contribution is 0.0955. The highest BCUT2D eigenvalue weighted by Crippen LogP contribution is 2.36. The number of thiophene rings is 2. The van der Waals surface area contributed by atoms with E-state index in [4.69, 9.17) is 0 Å². The lowest BCUT2D eigenvalue weighted by Crippen LogP contribution is -2.36. The van der Waals surface area contributed by atoms with E-state index in [-0.39, 0.29) is 11.9 Å². The van der Waals surface area contributed by atoms with E-state index in [0.29, 0.717) is 6.54 Å². The Bertz CT molecular complexity index is 812. The van der Waals surface area contributed by atoms with Gasteiger partial charge in [-0.2, -0.15) is 0 Å². The number of para-hydroxylation sites is 1. The summed E-state index contributed by atoms with van der Waals surface area (Å²) in [5, 5.41) is 7.15. The molecule has 3 nitrogen and oxygen atoms in total. The fourth-order valence-corrected chi connectivity index (χ4v) is 4.70. The zero-order valence-corrected chi connectivity index (χ0v) is 14.8. The standard InChI is InChI=1S/C19H18N2OS2/c22-19(18-8-4-12-24-18)20-13-16(17-7-3-11-23-17)21-10-9-14-5-1-2-6-15(14)21/h1-8,11-12,16H,9-10,13H2,(H,20,22)/t16-/m0/s1. The van der Waals surface area contributed by atoms with Gasteiger partial charge in [-0.05, 0) is 40.9 Å². The lowest BCUT2D eigenvalue weighted by Gasteiger charge is -2.30. The van der Waals surface area contributed by atoms with Crippen molar-refractivity contribution in [2.45, 2.75) is 12.5 Å². The number of benzene rings is 1. The van der Waals surface area contributed by atoms with Gasteiger partial charge in [0.25, 0.3) is 5.91 Å². The summed E-state index contributed by atoms with van der Waals surface area (Å²) in [5.74, 6) is 0.0130. The van der Waals surface area contributed by atoms with Gasteiger partial charge in [-0.25, -0.2) is 0 Å². The van der Waals surface area contributed by atoms with Gasteiger partial charge >= 0.3 is 0 Å². The number of nitrogens with zero attached hydrogens (tertiary/aromatic N) is 1. The molecular weight excluding hydrogens is 336 g/mol. The van der Waals surface area contributed by atoms with Crippen LogP contribution in [0.3, 0.4) is 0 Å². The van der Waals surface area contributed by atoms with Gasteiger partial charge in [0.05, 0.1) is 10.9 Å². The normalized spacial score (nSPS) is 14.4.